The minimum atomic E-state index is -0.253. The highest BCUT2D eigenvalue weighted by Gasteiger charge is 2.28. The van der Waals surface area contributed by atoms with Gasteiger partial charge in [0.15, 0.2) is 0 Å². The number of anilines is 1. The number of phenolic OH excluding ortho intramolecular Hbond substituents is 1. The molecule has 1 aliphatic heterocycles. The van der Waals surface area contributed by atoms with Crippen LogP contribution in [-0.2, 0) is 13.1 Å². The highest BCUT2D eigenvalue weighted by atomic mass is 16.5. The van der Waals surface area contributed by atoms with Crippen molar-refractivity contribution in [3.8, 4) is 11.5 Å². The molecule has 2 aromatic carbocycles. The summed E-state index contributed by atoms with van der Waals surface area (Å²) in [5.74, 6) is 0.926. The van der Waals surface area contributed by atoms with E-state index < -0.39 is 0 Å². The first-order valence-electron chi connectivity index (χ1n) is 12.2. The molecular weight excluding hydrogens is 428 g/mol. The lowest BCUT2D eigenvalue weighted by Gasteiger charge is -2.18. The van der Waals surface area contributed by atoms with Gasteiger partial charge in [0.2, 0.25) is 0 Å². The van der Waals surface area contributed by atoms with Crippen molar-refractivity contribution in [1.82, 2.24) is 9.80 Å². The molecule has 0 atom stereocenters. The highest BCUT2D eigenvalue weighted by Crippen LogP contribution is 2.34. The predicted molar refractivity (Wildman–Crippen MR) is 135 cm³/mol. The Bertz CT molecular complexity index is 1060. The van der Waals surface area contributed by atoms with Gasteiger partial charge >= 0.3 is 0 Å². The average Bonchev–Trinajstić information content (AvgIpc) is 3.45. The van der Waals surface area contributed by atoms with Crippen molar-refractivity contribution < 1.29 is 14.6 Å². The Morgan fingerprint density at radius 2 is 1.88 bits per heavy atom. The molecule has 0 radical (unpaired) electrons. The van der Waals surface area contributed by atoms with Gasteiger partial charge in [-0.15, -0.1) is 0 Å². The summed E-state index contributed by atoms with van der Waals surface area (Å²) < 4.78 is 5.88. The number of hydrogen-bond donors (Lipinski definition) is 3. The molecule has 1 aliphatic carbocycles. The Morgan fingerprint density at radius 1 is 1.15 bits per heavy atom. The van der Waals surface area contributed by atoms with E-state index in [-0.39, 0.29) is 17.2 Å². The molecule has 0 spiro atoms. The van der Waals surface area contributed by atoms with Crippen LogP contribution in [0, 0.1) is 11.3 Å². The molecule has 1 heterocycles. The molecule has 7 nitrogen and oxygen atoms in total. The zero-order chi connectivity index (χ0) is 24.2. The summed E-state index contributed by atoms with van der Waals surface area (Å²) in [7, 11) is 4.09. The lowest BCUT2D eigenvalue weighted by molar-refractivity contribution is 0.0748. The number of amides is 1. The first kappa shape index (κ1) is 24.1. The summed E-state index contributed by atoms with van der Waals surface area (Å²) in [6.07, 6.45) is 6.31. The number of nitrogens with two attached hydrogens (primary N) is 1. The van der Waals surface area contributed by atoms with Crippen molar-refractivity contribution in [3.05, 3.63) is 52.6 Å². The van der Waals surface area contributed by atoms with Gasteiger partial charge in [-0.3, -0.25) is 4.79 Å². The molecule has 1 fully saturated rings. The quantitative estimate of drug-likeness (QED) is 0.290. The summed E-state index contributed by atoms with van der Waals surface area (Å²) in [6, 6.07) is 8.98. The van der Waals surface area contributed by atoms with Crippen LogP contribution < -0.4 is 10.5 Å². The first-order chi connectivity index (χ1) is 16.3. The van der Waals surface area contributed by atoms with E-state index in [1.165, 1.54) is 18.9 Å². The van der Waals surface area contributed by atoms with Crippen molar-refractivity contribution in [2.75, 3.05) is 33.0 Å². The number of aromatic hydroxyl groups is 1. The number of nitrogens with one attached hydrogen (secondary N) is 1. The lowest BCUT2D eigenvalue weighted by Crippen LogP contribution is -2.26. The fraction of sp³-hybridized carbons (Fsp3) is 0.481. The van der Waals surface area contributed by atoms with Gasteiger partial charge in [-0.25, -0.2) is 0 Å². The number of rotatable bonds is 9. The normalized spacial score (nSPS) is 15.7. The van der Waals surface area contributed by atoms with Crippen LogP contribution in [0.25, 0.3) is 0 Å². The maximum absolute atomic E-state index is 13.3. The molecule has 1 amide bonds. The topological polar surface area (TPSA) is 103 Å². The van der Waals surface area contributed by atoms with Crippen LogP contribution >= 0.6 is 0 Å². The molecule has 0 bridgehead atoms. The van der Waals surface area contributed by atoms with E-state index >= 15 is 0 Å². The minimum absolute atomic E-state index is 0.138. The van der Waals surface area contributed by atoms with Crippen LogP contribution in [0.1, 0.15) is 65.6 Å². The third kappa shape index (κ3) is 5.53. The second-order valence-electron chi connectivity index (χ2n) is 9.89. The van der Waals surface area contributed by atoms with Crippen molar-refractivity contribution in [2.45, 2.75) is 51.6 Å². The van der Waals surface area contributed by atoms with Crippen LogP contribution in [0.4, 0.5) is 5.69 Å². The van der Waals surface area contributed by atoms with Gasteiger partial charge < -0.3 is 30.8 Å². The summed E-state index contributed by atoms with van der Waals surface area (Å²) >= 11 is 0. The smallest absolute Gasteiger partial charge is 0.258 e. The van der Waals surface area contributed by atoms with E-state index in [1.54, 1.807) is 11.0 Å². The molecule has 0 unspecified atom stereocenters. The number of carbonyl (C=O) groups excluding carboxylic acids is 1. The van der Waals surface area contributed by atoms with Gasteiger partial charge in [-0.05, 0) is 62.2 Å². The largest absolute Gasteiger partial charge is 0.507 e. The second kappa shape index (κ2) is 10.5. The lowest BCUT2D eigenvalue weighted by atomic mass is 9.94. The molecule has 2 aliphatic rings. The van der Waals surface area contributed by atoms with Crippen LogP contribution in [0.5, 0.6) is 11.5 Å². The van der Waals surface area contributed by atoms with Crippen LogP contribution in [0.3, 0.4) is 0 Å². The van der Waals surface area contributed by atoms with E-state index in [2.05, 4.69) is 4.90 Å². The molecule has 34 heavy (non-hydrogen) atoms. The molecule has 7 heteroatoms. The third-order valence-electron chi connectivity index (χ3n) is 6.90. The number of benzene rings is 2. The minimum Gasteiger partial charge on any atom is -0.507 e. The summed E-state index contributed by atoms with van der Waals surface area (Å²) in [5, 5.41) is 19.1. The van der Waals surface area contributed by atoms with Crippen molar-refractivity contribution in [3.63, 3.8) is 0 Å². The maximum atomic E-state index is 13.3. The number of ether oxygens (including phenoxy) is 1. The molecule has 0 saturated heterocycles. The maximum Gasteiger partial charge on any atom is 0.258 e. The molecule has 4 rings (SSSR count). The SMILES string of the molecule is CN(C)CCCOc1ccc2c(c1)CN(C(=O)c1cc(C(=N)CC3CCCC3)c(N)cc1O)C2. The second-order valence-corrected chi connectivity index (χ2v) is 9.89. The van der Waals surface area contributed by atoms with Gasteiger partial charge in [-0.1, -0.05) is 31.7 Å². The van der Waals surface area contributed by atoms with Gasteiger partial charge in [0, 0.05) is 42.7 Å². The van der Waals surface area contributed by atoms with E-state index in [9.17, 15) is 9.90 Å². The molecule has 182 valence electrons. The third-order valence-corrected chi connectivity index (χ3v) is 6.90. The number of nitrogens with zero attached hydrogens (tertiary/aromatic N) is 2. The zero-order valence-corrected chi connectivity index (χ0v) is 20.3. The van der Waals surface area contributed by atoms with E-state index in [4.69, 9.17) is 15.9 Å². The molecule has 4 N–H and O–H groups in total. The molecule has 2 aromatic rings. The highest BCUT2D eigenvalue weighted by molar-refractivity contribution is 6.06. The molecule has 0 aromatic heterocycles. The predicted octanol–water partition coefficient (Wildman–Crippen LogP) is 4.41. The standard InChI is InChI=1S/C27H36N4O3/c1-30(2)10-5-11-34-21-9-8-19-16-31(17-20(19)13-21)27(33)23-14-22(25(29)15-26(23)32)24(28)12-18-6-3-4-7-18/h8-9,13-15,18,28,32H,3-7,10-12,16-17,29H2,1-2H3. The number of hydrogen-bond acceptors (Lipinski definition) is 6. The van der Waals surface area contributed by atoms with Gasteiger partial charge in [0.25, 0.3) is 5.91 Å². The zero-order valence-electron chi connectivity index (χ0n) is 20.3. The fourth-order valence-corrected chi connectivity index (χ4v) is 5.00. The van der Waals surface area contributed by atoms with Gasteiger partial charge in [0.1, 0.15) is 11.5 Å². The van der Waals surface area contributed by atoms with E-state index in [0.717, 1.165) is 42.7 Å². The number of fused-ring (bicyclic) bond motifs is 1. The molecular formula is C27H36N4O3. The number of carbonyl (C=O) groups is 1. The summed E-state index contributed by atoms with van der Waals surface area (Å²) in [5.41, 5.74) is 9.81. The van der Waals surface area contributed by atoms with Gasteiger partial charge in [-0.2, -0.15) is 0 Å². The first-order valence-corrected chi connectivity index (χ1v) is 12.2. The average molecular weight is 465 g/mol. The van der Waals surface area contributed by atoms with E-state index in [1.807, 2.05) is 32.3 Å². The summed E-state index contributed by atoms with van der Waals surface area (Å²) in [6.45, 7) is 2.56. The van der Waals surface area contributed by atoms with Crippen molar-refractivity contribution >= 4 is 17.3 Å². The molecule has 1 saturated carbocycles. The van der Waals surface area contributed by atoms with Crippen LogP contribution in [-0.4, -0.2) is 53.8 Å². The Labute approximate surface area is 202 Å². The Morgan fingerprint density at radius 3 is 2.62 bits per heavy atom. The van der Waals surface area contributed by atoms with E-state index in [0.29, 0.717) is 49.0 Å². The Hall–Kier alpha value is -3.06. The monoisotopic (exact) mass is 464 g/mol. The number of nitrogen functional groups attached to an aromatic ring is 1. The van der Waals surface area contributed by atoms with Crippen LogP contribution in [0.2, 0.25) is 0 Å². The van der Waals surface area contributed by atoms with Crippen LogP contribution in [0.15, 0.2) is 30.3 Å². The van der Waals surface area contributed by atoms with Crippen molar-refractivity contribution in [2.24, 2.45) is 5.92 Å². The van der Waals surface area contributed by atoms with Gasteiger partial charge in [0.05, 0.1) is 12.2 Å². The Balaban J connectivity index is 1.44. The van der Waals surface area contributed by atoms with Crippen molar-refractivity contribution in [1.29, 1.82) is 5.41 Å². The fourth-order valence-electron chi connectivity index (χ4n) is 5.00. The summed E-state index contributed by atoms with van der Waals surface area (Å²) in [4.78, 5) is 17.2. The Kier molecular flexibility index (Phi) is 7.41. The number of phenols is 1.